The zero-order valence-corrected chi connectivity index (χ0v) is 8.61. The van der Waals surface area contributed by atoms with Gasteiger partial charge >= 0.3 is 0 Å². The Hall–Kier alpha value is -1.09. The molecular formula is C10H12N2S. The van der Waals surface area contributed by atoms with Gasteiger partial charge in [-0.15, -0.1) is 0 Å². The standard InChI is InChI=1S/C10H12N2S/c1-3-7-4-5-8-9(6-7)13-10(11-2)12-8/h4-6H,3H2,1-2H3,(H,11,12). The van der Waals surface area contributed by atoms with E-state index >= 15 is 0 Å². The molecule has 2 nitrogen and oxygen atoms in total. The van der Waals surface area contributed by atoms with Crippen molar-refractivity contribution in [2.75, 3.05) is 12.4 Å². The highest BCUT2D eigenvalue weighted by molar-refractivity contribution is 7.22. The zero-order valence-electron chi connectivity index (χ0n) is 7.79. The molecule has 0 saturated carbocycles. The maximum absolute atomic E-state index is 4.41. The van der Waals surface area contributed by atoms with Gasteiger partial charge in [-0.05, 0) is 24.1 Å². The Kier molecular flexibility index (Phi) is 2.19. The molecule has 1 aromatic carbocycles. The number of aryl methyl sites for hydroxylation is 1. The third kappa shape index (κ3) is 1.52. The minimum Gasteiger partial charge on any atom is -0.365 e. The fraction of sp³-hybridized carbons (Fsp3) is 0.300. The van der Waals surface area contributed by atoms with Crippen LogP contribution in [0.25, 0.3) is 10.2 Å². The summed E-state index contributed by atoms with van der Waals surface area (Å²) in [6.45, 7) is 2.17. The first kappa shape index (κ1) is 8.51. The minimum absolute atomic E-state index is 0.989. The number of nitrogens with zero attached hydrogens (tertiary/aromatic N) is 1. The summed E-state index contributed by atoms with van der Waals surface area (Å²) in [5.74, 6) is 0. The predicted octanol–water partition coefficient (Wildman–Crippen LogP) is 2.90. The van der Waals surface area contributed by atoms with Crippen molar-refractivity contribution < 1.29 is 0 Å². The predicted molar refractivity (Wildman–Crippen MR) is 58.5 cm³/mol. The topological polar surface area (TPSA) is 24.9 Å². The summed E-state index contributed by atoms with van der Waals surface area (Å²) in [7, 11) is 1.90. The van der Waals surface area contributed by atoms with E-state index < -0.39 is 0 Å². The minimum atomic E-state index is 0.989. The second-order valence-electron chi connectivity index (χ2n) is 2.92. The highest BCUT2D eigenvalue weighted by Crippen LogP contribution is 2.26. The Morgan fingerprint density at radius 2 is 2.31 bits per heavy atom. The van der Waals surface area contributed by atoms with Crippen LogP contribution in [0, 0.1) is 0 Å². The van der Waals surface area contributed by atoms with Crippen LogP contribution in [0.15, 0.2) is 18.2 Å². The molecule has 13 heavy (non-hydrogen) atoms. The number of thiazole rings is 1. The van der Waals surface area contributed by atoms with Crippen LogP contribution in [-0.2, 0) is 6.42 Å². The van der Waals surface area contributed by atoms with Crippen LogP contribution >= 0.6 is 11.3 Å². The average Bonchev–Trinajstić information content (AvgIpc) is 2.58. The largest absolute Gasteiger partial charge is 0.365 e. The molecule has 0 unspecified atom stereocenters. The fourth-order valence-corrected chi connectivity index (χ4v) is 2.18. The van der Waals surface area contributed by atoms with Gasteiger partial charge in [0.2, 0.25) is 0 Å². The molecule has 0 aliphatic carbocycles. The van der Waals surface area contributed by atoms with E-state index in [-0.39, 0.29) is 0 Å². The lowest BCUT2D eigenvalue weighted by Crippen LogP contribution is -1.83. The lowest BCUT2D eigenvalue weighted by molar-refractivity contribution is 1.15. The molecule has 0 bridgehead atoms. The molecular weight excluding hydrogens is 180 g/mol. The van der Waals surface area contributed by atoms with E-state index in [0.29, 0.717) is 0 Å². The fourth-order valence-electron chi connectivity index (χ4n) is 1.30. The van der Waals surface area contributed by atoms with Gasteiger partial charge in [-0.3, -0.25) is 0 Å². The van der Waals surface area contributed by atoms with Gasteiger partial charge in [0.25, 0.3) is 0 Å². The van der Waals surface area contributed by atoms with Gasteiger partial charge in [0.15, 0.2) is 5.13 Å². The van der Waals surface area contributed by atoms with Crippen LogP contribution in [-0.4, -0.2) is 12.0 Å². The van der Waals surface area contributed by atoms with Crippen LogP contribution in [0.1, 0.15) is 12.5 Å². The van der Waals surface area contributed by atoms with Crippen molar-refractivity contribution in [3.05, 3.63) is 23.8 Å². The van der Waals surface area contributed by atoms with Gasteiger partial charge in [0, 0.05) is 7.05 Å². The molecule has 0 amide bonds. The molecule has 2 aromatic rings. The molecule has 1 aromatic heterocycles. The van der Waals surface area contributed by atoms with E-state index in [9.17, 15) is 0 Å². The van der Waals surface area contributed by atoms with Gasteiger partial charge in [-0.25, -0.2) is 4.98 Å². The second kappa shape index (κ2) is 3.34. The van der Waals surface area contributed by atoms with E-state index in [1.54, 1.807) is 11.3 Å². The molecule has 0 radical (unpaired) electrons. The van der Waals surface area contributed by atoms with E-state index in [0.717, 1.165) is 17.1 Å². The number of aromatic nitrogens is 1. The summed E-state index contributed by atoms with van der Waals surface area (Å²) in [4.78, 5) is 4.41. The second-order valence-corrected chi connectivity index (χ2v) is 3.96. The number of fused-ring (bicyclic) bond motifs is 1. The van der Waals surface area contributed by atoms with Crippen LogP contribution in [0.3, 0.4) is 0 Å². The number of hydrogen-bond acceptors (Lipinski definition) is 3. The van der Waals surface area contributed by atoms with Gasteiger partial charge in [0.1, 0.15) is 0 Å². The molecule has 0 aliphatic heterocycles. The van der Waals surface area contributed by atoms with Gasteiger partial charge in [-0.2, -0.15) is 0 Å². The molecule has 0 fully saturated rings. The van der Waals surface area contributed by atoms with E-state index in [4.69, 9.17) is 0 Å². The zero-order chi connectivity index (χ0) is 9.26. The molecule has 2 rings (SSSR count). The van der Waals surface area contributed by atoms with E-state index in [1.165, 1.54) is 10.3 Å². The smallest absolute Gasteiger partial charge is 0.183 e. The number of benzene rings is 1. The molecule has 1 heterocycles. The van der Waals surface area contributed by atoms with Gasteiger partial charge < -0.3 is 5.32 Å². The summed E-state index contributed by atoms with van der Waals surface area (Å²) in [6.07, 6.45) is 1.09. The molecule has 0 spiro atoms. The summed E-state index contributed by atoms with van der Waals surface area (Å²) >= 11 is 1.70. The highest BCUT2D eigenvalue weighted by atomic mass is 32.1. The van der Waals surface area contributed by atoms with Crippen LogP contribution in [0.4, 0.5) is 5.13 Å². The molecule has 1 N–H and O–H groups in total. The molecule has 0 saturated heterocycles. The molecule has 0 atom stereocenters. The quantitative estimate of drug-likeness (QED) is 0.791. The van der Waals surface area contributed by atoms with Crippen molar-refractivity contribution >= 4 is 26.7 Å². The van der Waals surface area contributed by atoms with Crippen molar-refractivity contribution in [1.82, 2.24) is 4.98 Å². The lowest BCUT2D eigenvalue weighted by Gasteiger charge is -1.93. The van der Waals surface area contributed by atoms with Crippen molar-refractivity contribution in [3.8, 4) is 0 Å². The summed E-state index contributed by atoms with van der Waals surface area (Å²) < 4.78 is 1.27. The summed E-state index contributed by atoms with van der Waals surface area (Å²) in [5, 5.41) is 4.05. The lowest BCUT2D eigenvalue weighted by atomic mass is 10.2. The van der Waals surface area contributed by atoms with Crippen molar-refractivity contribution in [2.45, 2.75) is 13.3 Å². The van der Waals surface area contributed by atoms with Gasteiger partial charge in [0.05, 0.1) is 10.2 Å². The van der Waals surface area contributed by atoms with E-state index in [2.05, 4.69) is 35.4 Å². The summed E-state index contributed by atoms with van der Waals surface area (Å²) in [5.41, 5.74) is 2.46. The number of rotatable bonds is 2. The SMILES string of the molecule is CCc1ccc2nc(NC)sc2c1. The first-order valence-corrected chi connectivity index (χ1v) is 5.22. The van der Waals surface area contributed by atoms with Crippen molar-refractivity contribution in [1.29, 1.82) is 0 Å². The summed E-state index contributed by atoms with van der Waals surface area (Å²) in [6, 6.07) is 6.45. The normalized spacial score (nSPS) is 10.6. The third-order valence-electron chi connectivity index (χ3n) is 2.07. The number of hydrogen-bond donors (Lipinski definition) is 1. The Bertz CT molecular complexity index is 418. The average molecular weight is 192 g/mol. The maximum atomic E-state index is 4.41. The van der Waals surface area contributed by atoms with Crippen LogP contribution in [0.2, 0.25) is 0 Å². The Morgan fingerprint density at radius 1 is 1.46 bits per heavy atom. The number of nitrogens with one attached hydrogen (secondary N) is 1. The first-order valence-electron chi connectivity index (χ1n) is 4.40. The monoisotopic (exact) mass is 192 g/mol. The molecule has 3 heteroatoms. The Balaban J connectivity index is 2.57. The highest BCUT2D eigenvalue weighted by Gasteiger charge is 2.01. The number of anilines is 1. The first-order chi connectivity index (χ1) is 6.33. The molecule has 0 aliphatic rings. The van der Waals surface area contributed by atoms with E-state index in [1.807, 2.05) is 7.05 Å². The van der Waals surface area contributed by atoms with Crippen LogP contribution in [0.5, 0.6) is 0 Å². The Morgan fingerprint density at radius 3 is 3.00 bits per heavy atom. The van der Waals surface area contributed by atoms with Crippen molar-refractivity contribution in [2.24, 2.45) is 0 Å². The van der Waals surface area contributed by atoms with Crippen LogP contribution < -0.4 is 5.32 Å². The molecule has 68 valence electrons. The maximum Gasteiger partial charge on any atom is 0.183 e. The third-order valence-corrected chi connectivity index (χ3v) is 3.11. The van der Waals surface area contributed by atoms with Crippen molar-refractivity contribution in [3.63, 3.8) is 0 Å². The van der Waals surface area contributed by atoms with Gasteiger partial charge in [-0.1, -0.05) is 24.3 Å². The Labute approximate surface area is 81.6 Å².